The van der Waals surface area contributed by atoms with Crippen molar-refractivity contribution < 1.29 is 4.79 Å². The van der Waals surface area contributed by atoms with Crippen molar-refractivity contribution in [2.75, 3.05) is 24.5 Å². The summed E-state index contributed by atoms with van der Waals surface area (Å²) in [6.45, 7) is 4.37. The number of halogens is 1. The van der Waals surface area contributed by atoms with Gasteiger partial charge in [-0.25, -0.2) is 0 Å². The van der Waals surface area contributed by atoms with Gasteiger partial charge in [0, 0.05) is 41.9 Å². The van der Waals surface area contributed by atoms with Crippen LogP contribution in [0.5, 0.6) is 0 Å². The normalized spacial score (nSPS) is 17.5. The fourth-order valence-electron chi connectivity index (χ4n) is 3.76. The zero-order chi connectivity index (χ0) is 18.1. The topological polar surface area (TPSA) is 23.6 Å². The Labute approximate surface area is 158 Å². The number of hydrogen-bond acceptors (Lipinski definition) is 2. The summed E-state index contributed by atoms with van der Waals surface area (Å²) < 4.78 is 0. The Morgan fingerprint density at radius 1 is 1.00 bits per heavy atom. The lowest BCUT2D eigenvalue weighted by molar-refractivity contribution is 0.0728. The SMILES string of the molecule is CC1CN(C(=O)c2cccc3ccccc23)CCN1c1cccc(Cl)c1. The number of fused-ring (bicyclic) bond motifs is 1. The van der Waals surface area contributed by atoms with Gasteiger partial charge in [-0.2, -0.15) is 0 Å². The van der Waals surface area contributed by atoms with Crippen LogP contribution in [-0.2, 0) is 0 Å². The highest BCUT2D eigenvalue weighted by Crippen LogP contribution is 2.26. The second kappa shape index (κ2) is 7.00. The second-order valence-electron chi connectivity index (χ2n) is 6.80. The van der Waals surface area contributed by atoms with Gasteiger partial charge in [0.05, 0.1) is 0 Å². The van der Waals surface area contributed by atoms with Gasteiger partial charge in [-0.15, -0.1) is 0 Å². The van der Waals surface area contributed by atoms with E-state index >= 15 is 0 Å². The molecule has 1 heterocycles. The number of benzene rings is 3. The number of rotatable bonds is 2. The molecule has 4 heteroatoms. The summed E-state index contributed by atoms with van der Waals surface area (Å²) in [6.07, 6.45) is 0. The minimum absolute atomic E-state index is 0.111. The molecule has 0 spiro atoms. The molecule has 0 aliphatic carbocycles. The molecule has 3 aromatic rings. The van der Waals surface area contributed by atoms with Gasteiger partial charge in [0.1, 0.15) is 0 Å². The number of hydrogen-bond donors (Lipinski definition) is 0. The molecule has 132 valence electrons. The monoisotopic (exact) mass is 364 g/mol. The molecule has 4 rings (SSSR count). The maximum absolute atomic E-state index is 13.1. The van der Waals surface area contributed by atoms with Crippen LogP contribution < -0.4 is 4.90 Å². The summed E-state index contributed by atoms with van der Waals surface area (Å²) in [7, 11) is 0. The Balaban J connectivity index is 1.56. The Bertz CT molecular complexity index is 950. The minimum Gasteiger partial charge on any atom is -0.365 e. The van der Waals surface area contributed by atoms with Crippen LogP contribution in [0.25, 0.3) is 10.8 Å². The number of amides is 1. The molecule has 1 unspecified atom stereocenters. The van der Waals surface area contributed by atoms with E-state index in [1.54, 1.807) is 0 Å². The maximum Gasteiger partial charge on any atom is 0.254 e. The molecule has 1 amide bonds. The third kappa shape index (κ3) is 3.15. The van der Waals surface area contributed by atoms with E-state index in [1.165, 1.54) is 0 Å². The Morgan fingerprint density at radius 3 is 2.58 bits per heavy atom. The molecule has 0 radical (unpaired) electrons. The summed E-state index contributed by atoms with van der Waals surface area (Å²) in [4.78, 5) is 17.4. The lowest BCUT2D eigenvalue weighted by atomic mass is 10.0. The molecule has 1 aliphatic rings. The molecule has 1 saturated heterocycles. The highest BCUT2D eigenvalue weighted by Gasteiger charge is 2.28. The first-order valence-corrected chi connectivity index (χ1v) is 9.30. The fourth-order valence-corrected chi connectivity index (χ4v) is 3.95. The van der Waals surface area contributed by atoms with Gasteiger partial charge in [-0.05, 0) is 42.0 Å². The molecular formula is C22H21ClN2O. The fraction of sp³-hybridized carbons (Fsp3) is 0.227. The largest absolute Gasteiger partial charge is 0.365 e. The number of piperazine rings is 1. The predicted molar refractivity (Wildman–Crippen MR) is 108 cm³/mol. The Hall–Kier alpha value is -2.52. The molecule has 1 atom stereocenters. The Morgan fingerprint density at radius 2 is 1.77 bits per heavy atom. The van der Waals surface area contributed by atoms with Crippen LogP contribution >= 0.6 is 11.6 Å². The smallest absolute Gasteiger partial charge is 0.254 e. The first kappa shape index (κ1) is 16.9. The third-order valence-corrected chi connectivity index (χ3v) is 5.31. The van der Waals surface area contributed by atoms with E-state index in [1.807, 2.05) is 65.6 Å². The van der Waals surface area contributed by atoms with Crippen molar-refractivity contribution in [2.24, 2.45) is 0 Å². The van der Waals surface area contributed by atoms with Gasteiger partial charge >= 0.3 is 0 Å². The quantitative estimate of drug-likeness (QED) is 0.649. The van der Waals surface area contributed by atoms with E-state index in [4.69, 9.17) is 11.6 Å². The molecule has 0 saturated carbocycles. The van der Waals surface area contributed by atoms with E-state index in [-0.39, 0.29) is 11.9 Å². The average Bonchev–Trinajstić information content (AvgIpc) is 2.67. The van der Waals surface area contributed by atoms with Gasteiger partial charge in [0.2, 0.25) is 0 Å². The molecule has 1 aliphatic heterocycles. The van der Waals surface area contributed by atoms with Crippen molar-refractivity contribution in [3.05, 3.63) is 77.3 Å². The summed E-state index contributed by atoms with van der Waals surface area (Å²) >= 11 is 6.14. The van der Waals surface area contributed by atoms with Gasteiger partial charge < -0.3 is 9.80 Å². The molecule has 0 bridgehead atoms. The van der Waals surface area contributed by atoms with Gasteiger partial charge in [-0.3, -0.25) is 4.79 Å². The van der Waals surface area contributed by atoms with Crippen molar-refractivity contribution in [2.45, 2.75) is 13.0 Å². The van der Waals surface area contributed by atoms with Crippen molar-refractivity contribution >= 4 is 34.0 Å². The molecule has 0 N–H and O–H groups in total. The van der Waals surface area contributed by atoms with Crippen molar-refractivity contribution in [1.29, 1.82) is 0 Å². The summed E-state index contributed by atoms with van der Waals surface area (Å²) in [5.74, 6) is 0.111. The molecule has 3 nitrogen and oxygen atoms in total. The molecule has 3 aromatic carbocycles. The van der Waals surface area contributed by atoms with E-state index in [9.17, 15) is 4.79 Å². The van der Waals surface area contributed by atoms with Gasteiger partial charge in [0.25, 0.3) is 5.91 Å². The number of anilines is 1. The number of carbonyl (C=O) groups is 1. The van der Waals surface area contributed by atoms with Crippen molar-refractivity contribution in [3.8, 4) is 0 Å². The lowest BCUT2D eigenvalue weighted by Crippen LogP contribution is -2.53. The second-order valence-corrected chi connectivity index (χ2v) is 7.24. The molecular weight excluding hydrogens is 344 g/mol. The van der Waals surface area contributed by atoms with Crippen molar-refractivity contribution in [3.63, 3.8) is 0 Å². The molecule has 0 aromatic heterocycles. The summed E-state index contributed by atoms with van der Waals surface area (Å²) in [5, 5.41) is 2.86. The van der Waals surface area contributed by atoms with Crippen LogP contribution in [0.1, 0.15) is 17.3 Å². The predicted octanol–water partition coefficient (Wildman–Crippen LogP) is 4.84. The number of nitrogens with zero attached hydrogens (tertiary/aromatic N) is 2. The van der Waals surface area contributed by atoms with Gasteiger partial charge in [0.15, 0.2) is 0 Å². The van der Waals surface area contributed by atoms with Gasteiger partial charge in [-0.1, -0.05) is 54.1 Å². The zero-order valence-electron chi connectivity index (χ0n) is 14.7. The zero-order valence-corrected chi connectivity index (χ0v) is 15.5. The standard InChI is InChI=1S/C22H21ClN2O/c1-16-15-24(12-13-25(16)19-9-5-8-18(23)14-19)22(26)21-11-4-7-17-6-2-3-10-20(17)21/h2-11,14,16H,12-13,15H2,1H3. The van der Waals surface area contributed by atoms with Crippen LogP contribution in [0.15, 0.2) is 66.7 Å². The van der Waals surface area contributed by atoms with Crippen LogP contribution in [0.2, 0.25) is 5.02 Å². The average molecular weight is 365 g/mol. The summed E-state index contributed by atoms with van der Waals surface area (Å²) in [5.41, 5.74) is 1.90. The van der Waals surface area contributed by atoms with Crippen LogP contribution in [-0.4, -0.2) is 36.5 Å². The van der Waals surface area contributed by atoms with E-state index in [0.717, 1.165) is 33.6 Å². The molecule has 1 fully saturated rings. The summed E-state index contributed by atoms with van der Waals surface area (Å²) in [6, 6.07) is 22.1. The minimum atomic E-state index is 0.111. The lowest BCUT2D eigenvalue weighted by Gasteiger charge is -2.41. The highest BCUT2D eigenvalue weighted by atomic mass is 35.5. The Kier molecular flexibility index (Phi) is 4.56. The van der Waals surface area contributed by atoms with E-state index < -0.39 is 0 Å². The third-order valence-electron chi connectivity index (χ3n) is 5.07. The van der Waals surface area contributed by atoms with Crippen LogP contribution in [0.4, 0.5) is 5.69 Å². The van der Waals surface area contributed by atoms with E-state index in [0.29, 0.717) is 13.1 Å². The first-order valence-electron chi connectivity index (χ1n) is 8.93. The van der Waals surface area contributed by atoms with Crippen LogP contribution in [0, 0.1) is 0 Å². The highest BCUT2D eigenvalue weighted by molar-refractivity contribution is 6.30. The molecule has 26 heavy (non-hydrogen) atoms. The number of carbonyl (C=O) groups excluding carboxylic acids is 1. The first-order chi connectivity index (χ1) is 12.6. The maximum atomic E-state index is 13.1. The van der Waals surface area contributed by atoms with Crippen molar-refractivity contribution in [1.82, 2.24) is 4.90 Å². The van der Waals surface area contributed by atoms with E-state index in [2.05, 4.69) is 17.9 Å². The van der Waals surface area contributed by atoms with Crippen LogP contribution in [0.3, 0.4) is 0 Å².